The van der Waals surface area contributed by atoms with E-state index in [4.69, 9.17) is 10.7 Å². The Morgan fingerprint density at radius 2 is 1.65 bits per heavy atom. The van der Waals surface area contributed by atoms with Crippen molar-refractivity contribution < 1.29 is 0 Å². The molecule has 0 spiro atoms. The zero-order valence-corrected chi connectivity index (χ0v) is 14.5. The molecule has 0 atom stereocenters. The summed E-state index contributed by atoms with van der Waals surface area (Å²) in [5, 5.41) is 0. The van der Waals surface area contributed by atoms with Gasteiger partial charge in [0.25, 0.3) is 0 Å². The quantitative estimate of drug-likeness (QED) is 0.601. The van der Waals surface area contributed by atoms with Gasteiger partial charge in [-0.1, -0.05) is 54.6 Å². The molecule has 1 saturated carbocycles. The van der Waals surface area contributed by atoms with E-state index in [0.717, 1.165) is 41.0 Å². The van der Waals surface area contributed by atoms with Crippen molar-refractivity contribution in [1.82, 2.24) is 14.4 Å². The predicted octanol–water partition coefficient (Wildman–Crippen LogP) is 4.40. The SMILES string of the molecule is NC1(c2ccc(-c3c(-c4ccccc4)ncc4nccn34)cc2)CCC1. The van der Waals surface area contributed by atoms with Gasteiger partial charge in [-0.15, -0.1) is 0 Å². The molecular formula is C22H20N4. The highest BCUT2D eigenvalue weighted by atomic mass is 15.0. The van der Waals surface area contributed by atoms with Gasteiger partial charge < -0.3 is 5.73 Å². The van der Waals surface area contributed by atoms with Crippen molar-refractivity contribution in [3.05, 3.63) is 78.8 Å². The molecule has 0 saturated heterocycles. The summed E-state index contributed by atoms with van der Waals surface area (Å²) in [6.45, 7) is 0. The number of nitrogens with zero attached hydrogens (tertiary/aromatic N) is 3. The Labute approximate surface area is 152 Å². The largest absolute Gasteiger partial charge is 0.321 e. The van der Waals surface area contributed by atoms with Crippen molar-refractivity contribution in [2.75, 3.05) is 0 Å². The van der Waals surface area contributed by atoms with Gasteiger partial charge in [0.05, 0.1) is 17.6 Å². The average Bonchev–Trinajstić information content (AvgIpc) is 3.15. The first-order valence-corrected chi connectivity index (χ1v) is 9.02. The van der Waals surface area contributed by atoms with Gasteiger partial charge in [0.15, 0.2) is 5.65 Å². The lowest BCUT2D eigenvalue weighted by Crippen LogP contribution is -2.43. The summed E-state index contributed by atoms with van der Waals surface area (Å²) in [6.07, 6.45) is 8.98. The second kappa shape index (κ2) is 5.78. The van der Waals surface area contributed by atoms with E-state index in [1.54, 1.807) is 0 Å². The maximum absolute atomic E-state index is 6.48. The van der Waals surface area contributed by atoms with Crippen molar-refractivity contribution >= 4 is 5.65 Å². The highest BCUT2D eigenvalue weighted by Crippen LogP contribution is 2.39. The third-order valence-corrected chi connectivity index (χ3v) is 5.47. The maximum atomic E-state index is 6.48. The summed E-state index contributed by atoms with van der Waals surface area (Å²) in [6, 6.07) is 18.9. The van der Waals surface area contributed by atoms with Crippen molar-refractivity contribution in [2.45, 2.75) is 24.8 Å². The van der Waals surface area contributed by atoms with Crippen molar-refractivity contribution in [1.29, 1.82) is 0 Å². The molecule has 1 aliphatic rings. The van der Waals surface area contributed by atoms with E-state index < -0.39 is 0 Å². The summed E-state index contributed by atoms with van der Waals surface area (Å²) >= 11 is 0. The molecule has 1 fully saturated rings. The van der Waals surface area contributed by atoms with E-state index in [9.17, 15) is 0 Å². The Morgan fingerprint density at radius 3 is 2.35 bits per heavy atom. The van der Waals surface area contributed by atoms with Gasteiger partial charge >= 0.3 is 0 Å². The molecule has 2 heterocycles. The van der Waals surface area contributed by atoms with E-state index in [-0.39, 0.29) is 5.54 Å². The van der Waals surface area contributed by atoms with E-state index >= 15 is 0 Å². The summed E-state index contributed by atoms with van der Waals surface area (Å²) in [7, 11) is 0. The van der Waals surface area contributed by atoms with Crippen molar-refractivity contribution in [3.8, 4) is 22.5 Å². The van der Waals surface area contributed by atoms with Gasteiger partial charge in [0.2, 0.25) is 0 Å². The van der Waals surface area contributed by atoms with Crippen LogP contribution in [0.25, 0.3) is 28.2 Å². The molecule has 4 heteroatoms. The number of aromatic nitrogens is 3. The summed E-state index contributed by atoms with van der Waals surface area (Å²) in [5.41, 5.74) is 12.6. The number of hydrogen-bond donors (Lipinski definition) is 1. The monoisotopic (exact) mass is 340 g/mol. The topological polar surface area (TPSA) is 56.2 Å². The van der Waals surface area contributed by atoms with E-state index in [2.05, 4.69) is 45.8 Å². The minimum absolute atomic E-state index is 0.139. The number of hydrogen-bond acceptors (Lipinski definition) is 3. The van der Waals surface area contributed by atoms with E-state index in [1.165, 1.54) is 12.0 Å². The van der Waals surface area contributed by atoms with Gasteiger partial charge in [-0.25, -0.2) is 4.98 Å². The molecule has 0 bridgehead atoms. The van der Waals surface area contributed by atoms with Gasteiger partial charge in [-0.2, -0.15) is 0 Å². The minimum atomic E-state index is -0.139. The minimum Gasteiger partial charge on any atom is -0.321 e. The van der Waals surface area contributed by atoms with Crippen LogP contribution in [0, 0.1) is 0 Å². The third kappa shape index (κ3) is 2.34. The standard InChI is InChI=1S/C22H20N4/c23-22(11-4-12-22)18-9-7-17(8-10-18)21-20(16-5-2-1-3-6-16)25-15-19-24-13-14-26(19)21/h1-3,5-10,13-15H,4,11-12,23H2. The second-order valence-electron chi connectivity index (χ2n) is 7.06. The van der Waals surface area contributed by atoms with E-state index in [0.29, 0.717) is 0 Å². The Bertz CT molecular complexity index is 1060. The number of rotatable bonds is 3. The lowest BCUT2D eigenvalue weighted by Gasteiger charge is -2.38. The highest BCUT2D eigenvalue weighted by Gasteiger charge is 2.34. The summed E-state index contributed by atoms with van der Waals surface area (Å²) in [5.74, 6) is 0. The molecule has 2 aromatic heterocycles. The smallest absolute Gasteiger partial charge is 0.155 e. The maximum Gasteiger partial charge on any atom is 0.155 e. The van der Waals surface area contributed by atoms with E-state index in [1.807, 2.05) is 36.8 Å². The number of imidazole rings is 1. The van der Waals surface area contributed by atoms with Crippen LogP contribution in [0.15, 0.2) is 73.2 Å². The first kappa shape index (κ1) is 15.3. The van der Waals surface area contributed by atoms with Crippen LogP contribution in [-0.2, 0) is 5.54 Å². The van der Waals surface area contributed by atoms with Crippen LogP contribution in [-0.4, -0.2) is 14.4 Å². The average molecular weight is 340 g/mol. The summed E-state index contributed by atoms with van der Waals surface area (Å²) in [4.78, 5) is 9.12. The van der Waals surface area contributed by atoms with Crippen LogP contribution in [0.3, 0.4) is 0 Å². The molecule has 26 heavy (non-hydrogen) atoms. The van der Waals surface area contributed by atoms with Crippen LogP contribution in [0.5, 0.6) is 0 Å². The third-order valence-electron chi connectivity index (χ3n) is 5.47. The fourth-order valence-electron chi connectivity index (χ4n) is 3.79. The molecule has 4 aromatic rings. The van der Waals surface area contributed by atoms with Crippen LogP contribution in [0.1, 0.15) is 24.8 Å². The molecule has 0 unspecified atom stereocenters. The van der Waals surface area contributed by atoms with Crippen LogP contribution >= 0.6 is 0 Å². The molecule has 0 radical (unpaired) electrons. The molecule has 1 aliphatic carbocycles. The molecule has 5 rings (SSSR count). The predicted molar refractivity (Wildman–Crippen MR) is 104 cm³/mol. The fraction of sp³-hybridized carbons (Fsp3) is 0.182. The Balaban J connectivity index is 1.69. The second-order valence-corrected chi connectivity index (χ2v) is 7.06. The van der Waals surface area contributed by atoms with Crippen molar-refractivity contribution in [3.63, 3.8) is 0 Å². The Morgan fingerprint density at radius 1 is 0.885 bits per heavy atom. The lowest BCUT2D eigenvalue weighted by atomic mass is 9.72. The Hall–Kier alpha value is -2.98. The molecule has 128 valence electrons. The number of nitrogens with two attached hydrogens (primary N) is 1. The highest BCUT2D eigenvalue weighted by molar-refractivity contribution is 5.80. The molecule has 4 nitrogen and oxygen atoms in total. The molecule has 2 aromatic carbocycles. The van der Waals surface area contributed by atoms with Gasteiger partial charge in [-0.05, 0) is 24.8 Å². The molecule has 0 amide bonds. The first-order valence-electron chi connectivity index (χ1n) is 9.02. The fourth-order valence-corrected chi connectivity index (χ4v) is 3.79. The number of fused-ring (bicyclic) bond motifs is 1. The van der Waals surface area contributed by atoms with Gasteiger partial charge in [0.1, 0.15) is 0 Å². The van der Waals surface area contributed by atoms with Crippen molar-refractivity contribution in [2.24, 2.45) is 5.73 Å². The van der Waals surface area contributed by atoms with Gasteiger partial charge in [0, 0.05) is 29.1 Å². The molecule has 0 aliphatic heterocycles. The molecule has 2 N–H and O–H groups in total. The molecular weight excluding hydrogens is 320 g/mol. The zero-order valence-electron chi connectivity index (χ0n) is 14.5. The first-order chi connectivity index (χ1) is 12.7. The Kier molecular flexibility index (Phi) is 3.40. The lowest BCUT2D eigenvalue weighted by molar-refractivity contribution is 0.253. The van der Waals surface area contributed by atoms with Crippen LogP contribution in [0.2, 0.25) is 0 Å². The number of benzene rings is 2. The van der Waals surface area contributed by atoms with Crippen LogP contribution in [0.4, 0.5) is 0 Å². The van der Waals surface area contributed by atoms with Gasteiger partial charge in [-0.3, -0.25) is 9.38 Å². The normalized spacial score (nSPS) is 15.7. The zero-order chi connectivity index (χ0) is 17.6. The van der Waals surface area contributed by atoms with Crippen LogP contribution < -0.4 is 5.73 Å². The summed E-state index contributed by atoms with van der Waals surface area (Å²) < 4.78 is 2.10.